The molecule has 1 aliphatic carbocycles. The van der Waals surface area contributed by atoms with Crippen molar-refractivity contribution in [2.24, 2.45) is 11.8 Å². The Balaban J connectivity index is 1.51. The normalized spacial score (nSPS) is 18.7. The van der Waals surface area contributed by atoms with Gasteiger partial charge in [0.05, 0.1) is 24.6 Å². The molecule has 2 aromatic rings. The molecule has 3 rings (SSSR count). The van der Waals surface area contributed by atoms with Gasteiger partial charge in [0.2, 0.25) is 11.8 Å². The first kappa shape index (κ1) is 16.0. The Labute approximate surface area is 139 Å². The third kappa shape index (κ3) is 3.71. The third-order valence-corrected chi connectivity index (χ3v) is 4.02. The predicted octanol–water partition coefficient (Wildman–Crippen LogP) is 2.37. The van der Waals surface area contributed by atoms with Gasteiger partial charge in [0.1, 0.15) is 5.76 Å². The first-order valence-electron chi connectivity index (χ1n) is 7.76. The summed E-state index contributed by atoms with van der Waals surface area (Å²) in [6, 6.07) is 10.3. The second-order valence-electron chi connectivity index (χ2n) is 5.87. The largest absolute Gasteiger partial charge is 0.467 e. The van der Waals surface area contributed by atoms with Crippen LogP contribution in [0, 0.1) is 11.8 Å². The zero-order valence-corrected chi connectivity index (χ0v) is 13.2. The minimum atomic E-state index is -0.331. The fourth-order valence-corrected chi connectivity index (χ4v) is 2.54. The SMILES string of the molecule is CC(=O)c1cccc(NC(=O)C2CC2C(=O)NCc2ccco2)c1. The van der Waals surface area contributed by atoms with Crippen molar-refractivity contribution in [2.75, 3.05) is 5.32 Å². The summed E-state index contributed by atoms with van der Waals surface area (Å²) in [5.41, 5.74) is 1.10. The molecule has 0 radical (unpaired) electrons. The van der Waals surface area contributed by atoms with Crippen LogP contribution in [0.1, 0.15) is 29.5 Å². The number of anilines is 1. The Kier molecular flexibility index (Phi) is 4.46. The highest BCUT2D eigenvalue weighted by molar-refractivity contribution is 6.01. The van der Waals surface area contributed by atoms with E-state index < -0.39 is 0 Å². The van der Waals surface area contributed by atoms with Gasteiger partial charge >= 0.3 is 0 Å². The highest BCUT2D eigenvalue weighted by atomic mass is 16.3. The van der Waals surface area contributed by atoms with Crippen molar-refractivity contribution in [2.45, 2.75) is 19.9 Å². The van der Waals surface area contributed by atoms with Gasteiger partial charge in [0, 0.05) is 11.3 Å². The second-order valence-corrected chi connectivity index (χ2v) is 5.87. The summed E-state index contributed by atoms with van der Waals surface area (Å²) in [7, 11) is 0. The number of Topliss-reactive ketones (excluding diaryl/α,β-unsaturated/α-hetero) is 1. The first-order chi connectivity index (χ1) is 11.5. The fourth-order valence-electron chi connectivity index (χ4n) is 2.54. The zero-order valence-electron chi connectivity index (χ0n) is 13.2. The van der Waals surface area contributed by atoms with Gasteiger partial charge in [0.15, 0.2) is 5.78 Å². The van der Waals surface area contributed by atoms with E-state index in [9.17, 15) is 14.4 Å². The van der Waals surface area contributed by atoms with Crippen molar-refractivity contribution >= 4 is 23.3 Å². The molecule has 1 heterocycles. The summed E-state index contributed by atoms with van der Waals surface area (Å²) in [6.07, 6.45) is 2.08. The van der Waals surface area contributed by atoms with Crippen molar-refractivity contribution in [1.82, 2.24) is 5.32 Å². The molecule has 1 aromatic heterocycles. The summed E-state index contributed by atoms with van der Waals surface area (Å²) < 4.78 is 5.15. The number of amides is 2. The van der Waals surface area contributed by atoms with Crippen molar-refractivity contribution < 1.29 is 18.8 Å². The lowest BCUT2D eigenvalue weighted by Crippen LogP contribution is -2.26. The lowest BCUT2D eigenvalue weighted by Gasteiger charge is -2.06. The van der Waals surface area contributed by atoms with Gasteiger partial charge in [-0.15, -0.1) is 0 Å². The Bertz CT molecular complexity index is 767. The molecular formula is C18H18N2O4. The number of ketones is 1. The minimum Gasteiger partial charge on any atom is -0.467 e. The van der Waals surface area contributed by atoms with Gasteiger partial charge in [-0.1, -0.05) is 12.1 Å². The number of furan rings is 1. The number of rotatable bonds is 6. The smallest absolute Gasteiger partial charge is 0.228 e. The Morgan fingerprint density at radius 2 is 1.92 bits per heavy atom. The molecule has 1 aromatic carbocycles. The molecule has 0 spiro atoms. The van der Waals surface area contributed by atoms with Crippen LogP contribution in [0.4, 0.5) is 5.69 Å². The molecule has 124 valence electrons. The van der Waals surface area contributed by atoms with Crippen LogP contribution in [-0.2, 0) is 16.1 Å². The molecule has 6 nitrogen and oxygen atoms in total. The summed E-state index contributed by atoms with van der Waals surface area (Å²) in [6.45, 7) is 1.79. The van der Waals surface area contributed by atoms with E-state index in [1.54, 1.807) is 42.7 Å². The van der Waals surface area contributed by atoms with Gasteiger partial charge in [-0.25, -0.2) is 0 Å². The quantitative estimate of drug-likeness (QED) is 0.798. The Hall–Kier alpha value is -2.89. The first-order valence-corrected chi connectivity index (χ1v) is 7.76. The Morgan fingerprint density at radius 1 is 1.12 bits per heavy atom. The van der Waals surface area contributed by atoms with E-state index in [4.69, 9.17) is 4.42 Å². The molecule has 6 heteroatoms. The summed E-state index contributed by atoms with van der Waals surface area (Å²) >= 11 is 0. The summed E-state index contributed by atoms with van der Waals surface area (Å²) in [4.78, 5) is 35.6. The average molecular weight is 326 g/mol. The molecule has 2 unspecified atom stereocenters. The van der Waals surface area contributed by atoms with Crippen LogP contribution in [0.15, 0.2) is 47.1 Å². The third-order valence-electron chi connectivity index (χ3n) is 4.02. The maximum absolute atomic E-state index is 12.2. The van der Waals surface area contributed by atoms with E-state index in [0.717, 1.165) is 0 Å². The molecule has 0 aliphatic heterocycles. The Morgan fingerprint density at radius 3 is 2.62 bits per heavy atom. The molecule has 1 aliphatic rings. The number of nitrogens with one attached hydrogen (secondary N) is 2. The molecule has 1 saturated carbocycles. The van der Waals surface area contributed by atoms with Gasteiger partial charge in [-0.3, -0.25) is 14.4 Å². The van der Waals surface area contributed by atoms with E-state index in [1.807, 2.05) is 0 Å². The van der Waals surface area contributed by atoms with Gasteiger partial charge in [0.25, 0.3) is 0 Å². The van der Waals surface area contributed by atoms with Crippen LogP contribution < -0.4 is 10.6 Å². The van der Waals surface area contributed by atoms with Crippen molar-refractivity contribution in [1.29, 1.82) is 0 Å². The number of carbonyl (C=O) groups is 3. The molecule has 2 atom stereocenters. The summed E-state index contributed by atoms with van der Waals surface area (Å²) in [5, 5.41) is 5.53. The molecule has 0 bridgehead atoms. The van der Waals surface area contributed by atoms with Crippen LogP contribution in [-0.4, -0.2) is 17.6 Å². The van der Waals surface area contributed by atoms with Gasteiger partial charge in [-0.2, -0.15) is 0 Å². The molecule has 2 amide bonds. The standard InChI is InChI=1S/C18H18N2O4/c1-11(21)12-4-2-5-13(8-12)20-18(23)16-9-15(16)17(22)19-10-14-6-3-7-24-14/h2-8,15-16H,9-10H2,1H3,(H,19,22)(H,20,23). The van der Waals surface area contributed by atoms with Crippen molar-refractivity contribution in [3.8, 4) is 0 Å². The van der Waals surface area contributed by atoms with Crippen LogP contribution in [0.25, 0.3) is 0 Å². The minimum absolute atomic E-state index is 0.0623. The highest BCUT2D eigenvalue weighted by Crippen LogP contribution is 2.39. The number of hydrogen-bond acceptors (Lipinski definition) is 4. The van der Waals surface area contributed by atoms with E-state index in [0.29, 0.717) is 30.0 Å². The van der Waals surface area contributed by atoms with Crippen LogP contribution in [0.2, 0.25) is 0 Å². The van der Waals surface area contributed by atoms with E-state index in [2.05, 4.69) is 10.6 Å². The van der Waals surface area contributed by atoms with Crippen LogP contribution in [0.5, 0.6) is 0 Å². The van der Waals surface area contributed by atoms with Crippen molar-refractivity contribution in [3.63, 3.8) is 0 Å². The zero-order chi connectivity index (χ0) is 17.1. The number of hydrogen-bond donors (Lipinski definition) is 2. The molecule has 0 saturated heterocycles. The molecular weight excluding hydrogens is 308 g/mol. The van der Waals surface area contributed by atoms with E-state index in [1.165, 1.54) is 6.92 Å². The molecule has 24 heavy (non-hydrogen) atoms. The monoisotopic (exact) mass is 326 g/mol. The van der Waals surface area contributed by atoms with Gasteiger partial charge < -0.3 is 15.1 Å². The lowest BCUT2D eigenvalue weighted by atomic mass is 10.1. The van der Waals surface area contributed by atoms with Crippen molar-refractivity contribution in [3.05, 3.63) is 54.0 Å². The van der Waals surface area contributed by atoms with Crippen LogP contribution >= 0.6 is 0 Å². The maximum Gasteiger partial charge on any atom is 0.228 e. The average Bonchev–Trinajstić information content (AvgIpc) is 3.21. The van der Waals surface area contributed by atoms with E-state index >= 15 is 0 Å². The number of carbonyl (C=O) groups excluding carboxylic acids is 3. The fraction of sp³-hybridized carbons (Fsp3) is 0.278. The highest BCUT2D eigenvalue weighted by Gasteiger charge is 2.47. The molecule has 2 N–H and O–H groups in total. The van der Waals surface area contributed by atoms with Gasteiger partial charge in [-0.05, 0) is 37.6 Å². The predicted molar refractivity (Wildman–Crippen MR) is 87.2 cm³/mol. The maximum atomic E-state index is 12.2. The lowest BCUT2D eigenvalue weighted by molar-refractivity contribution is -0.125. The summed E-state index contributed by atoms with van der Waals surface area (Å²) in [5.74, 6) is -0.379. The molecule has 1 fully saturated rings. The van der Waals surface area contributed by atoms with Crippen LogP contribution in [0.3, 0.4) is 0 Å². The number of benzene rings is 1. The second kappa shape index (κ2) is 6.70. The van der Waals surface area contributed by atoms with E-state index in [-0.39, 0.29) is 29.4 Å². The topological polar surface area (TPSA) is 88.4 Å².